The molecule has 0 saturated carbocycles. The van der Waals surface area contributed by atoms with Gasteiger partial charge in [-0.1, -0.05) is 26.0 Å². The number of carbonyl (C=O) groups is 1. The number of nitrogens with zero attached hydrogens (tertiary/aromatic N) is 4. The number of fused-ring (bicyclic) bond motifs is 1. The van der Waals surface area contributed by atoms with Crippen LogP contribution in [0.5, 0.6) is 0 Å². The highest BCUT2D eigenvalue weighted by Crippen LogP contribution is 2.33. The van der Waals surface area contributed by atoms with Crippen molar-refractivity contribution in [3.63, 3.8) is 0 Å². The van der Waals surface area contributed by atoms with Crippen LogP contribution in [0.4, 0.5) is 15.6 Å². The second-order valence-corrected chi connectivity index (χ2v) is 7.17. The smallest absolute Gasteiger partial charge is 0.414 e. The van der Waals surface area contributed by atoms with Crippen LogP contribution in [0.2, 0.25) is 0 Å². The number of amides is 1. The largest absolute Gasteiger partial charge is 0.447 e. The summed E-state index contributed by atoms with van der Waals surface area (Å²) in [5, 5.41) is 0.982. The van der Waals surface area contributed by atoms with E-state index in [1.165, 1.54) is 22.7 Å². The van der Waals surface area contributed by atoms with E-state index in [-0.39, 0.29) is 6.09 Å². The second kappa shape index (κ2) is 6.05. The zero-order valence-electron chi connectivity index (χ0n) is 13.9. The van der Waals surface area contributed by atoms with Crippen molar-refractivity contribution in [1.82, 2.24) is 9.36 Å². The molecule has 0 bridgehead atoms. The lowest BCUT2D eigenvalue weighted by molar-refractivity contribution is 0.181. The lowest BCUT2D eigenvalue weighted by atomic mass is 9.97. The summed E-state index contributed by atoms with van der Waals surface area (Å²) in [6.07, 6.45) is 0.655. The molecule has 0 aliphatic carbocycles. The fourth-order valence-corrected chi connectivity index (χ4v) is 4.04. The minimum absolute atomic E-state index is 0.239. The predicted octanol–water partition coefficient (Wildman–Crippen LogP) is 3.18. The highest BCUT2D eigenvalue weighted by atomic mass is 32.1. The number of rotatable bonds is 3. The van der Waals surface area contributed by atoms with Crippen molar-refractivity contribution in [1.29, 1.82) is 0 Å². The van der Waals surface area contributed by atoms with Gasteiger partial charge in [0.2, 0.25) is 5.13 Å². The van der Waals surface area contributed by atoms with Gasteiger partial charge in [-0.3, -0.25) is 4.90 Å². The third-order valence-corrected chi connectivity index (χ3v) is 5.30. The lowest BCUT2D eigenvalue weighted by Crippen LogP contribution is -2.33. The first kappa shape index (κ1) is 15.4. The van der Waals surface area contributed by atoms with Crippen LogP contribution in [0.15, 0.2) is 18.2 Å². The lowest BCUT2D eigenvalue weighted by Gasteiger charge is -2.30. The molecule has 1 amide bonds. The average Bonchev–Trinajstić information content (AvgIpc) is 3.23. The highest BCUT2D eigenvalue weighted by Gasteiger charge is 2.29. The number of ether oxygens (including phenoxy) is 1. The van der Waals surface area contributed by atoms with Crippen LogP contribution in [0.25, 0.3) is 0 Å². The summed E-state index contributed by atoms with van der Waals surface area (Å²) in [6.45, 7) is 7.01. The van der Waals surface area contributed by atoms with Crippen LogP contribution >= 0.6 is 11.5 Å². The van der Waals surface area contributed by atoms with Gasteiger partial charge in [0.1, 0.15) is 12.4 Å². The summed E-state index contributed by atoms with van der Waals surface area (Å²) >= 11 is 1.47. The molecule has 0 radical (unpaired) electrons. The fourth-order valence-electron chi connectivity index (χ4n) is 3.21. The van der Waals surface area contributed by atoms with Gasteiger partial charge >= 0.3 is 6.09 Å². The number of anilines is 2. The van der Waals surface area contributed by atoms with Gasteiger partial charge in [0, 0.05) is 30.5 Å². The Morgan fingerprint density at radius 3 is 2.88 bits per heavy atom. The zero-order valence-corrected chi connectivity index (χ0v) is 14.7. The number of carbonyl (C=O) groups excluding carboxylic acids is 1. The van der Waals surface area contributed by atoms with Gasteiger partial charge in [-0.2, -0.15) is 4.37 Å². The summed E-state index contributed by atoms with van der Waals surface area (Å²) < 4.78 is 9.54. The van der Waals surface area contributed by atoms with E-state index in [1.807, 2.05) is 12.1 Å². The highest BCUT2D eigenvalue weighted by molar-refractivity contribution is 7.09. The first-order chi connectivity index (χ1) is 11.6. The zero-order chi connectivity index (χ0) is 16.7. The maximum atomic E-state index is 11.9. The van der Waals surface area contributed by atoms with Crippen LogP contribution in [-0.2, 0) is 17.7 Å². The molecule has 1 fully saturated rings. The van der Waals surface area contributed by atoms with Gasteiger partial charge in [-0.15, -0.1) is 0 Å². The van der Waals surface area contributed by atoms with Gasteiger partial charge in [-0.25, -0.2) is 9.78 Å². The monoisotopic (exact) mass is 344 g/mol. The van der Waals surface area contributed by atoms with Gasteiger partial charge < -0.3 is 9.64 Å². The minimum atomic E-state index is -0.239. The molecule has 2 aliphatic heterocycles. The van der Waals surface area contributed by atoms with E-state index >= 15 is 0 Å². The Morgan fingerprint density at radius 1 is 1.29 bits per heavy atom. The molecule has 4 rings (SSSR count). The maximum absolute atomic E-state index is 11.9. The van der Waals surface area contributed by atoms with Crippen molar-refractivity contribution in [3.8, 4) is 0 Å². The molecule has 6 nitrogen and oxygen atoms in total. The minimum Gasteiger partial charge on any atom is -0.447 e. The standard InChI is InChI=1S/C17H20N4O2S/c1-11(2)15-18-16(24-19-15)20-7-6-13-12(10-20)4-3-5-14(13)21-8-9-23-17(21)22/h3-5,11H,6-10H2,1-2H3. The number of aromatic nitrogens is 2. The van der Waals surface area contributed by atoms with Gasteiger partial charge in [0.15, 0.2) is 0 Å². The van der Waals surface area contributed by atoms with E-state index < -0.39 is 0 Å². The molecule has 7 heteroatoms. The quantitative estimate of drug-likeness (QED) is 0.856. The Balaban J connectivity index is 1.60. The molecule has 1 saturated heterocycles. The van der Waals surface area contributed by atoms with Crippen molar-refractivity contribution >= 4 is 28.4 Å². The summed E-state index contributed by atoms with van der Waals surface area (Å²) in [7, 11) is 0. The molecule has 2 aromatic rings. The van der Waals surface area contributed by atoms with Gasteiger partial charge in [0.05, 0.1) is 12.2 Å². The van der Waals surface area contributed by atoms with Crippen LogP contribution in [0.3, 0.4) is 0 Å². The Labute approximate surface area is 145 Å². The molecule has 126 valence electrons. The second-order valence-electron chi connectivity index (χ2n) is 6.44. The maximum Gasteiger partial charge on any atom is 0.414 e. The Hall–Kier alpha value is -2.15. The Bertz CT molecular complexity index is 774. The van der Waals surface area contributed by atoms with Gasteiger partial charge in [0.25, 0.3) is 0 Å². The number of hydrogen-bond donors (Lipinski definition) is 0. The number of cyclic esters (lactones) is 1. The van der Waals surface area contributed by atoms with Gasteiger partial charge in [-0.05, 0) is 23.6 Å². The van der Waals surface area contributed by atoms with Crippen molar-refractivity contribution in [2.24, 2.45) is 0 Å². The summed E-state index contributed by atoms with van der Waals surface area (Å²) in [4.78, 5) is 20.6. The number of benzene rings is 1. The SMILES string of the molecule is CC(C)c1nsc(N2CCc3c(cccc3N3CCOC3=O)C2)n1. The third-order valence-electron chi connectivity index (χ3n) is 4.51. The molecule has 0 atom stereocenters. The number of hydrogen-bond acceptors (Lipinski definition) is 6. The van der Waals surface area contributed by atoms with Crippen molar-refractivity contribution in [3.05, 3.63) is 35.2 Å². The third kappa shape index (κ3) is 2.62. The molecular weight excluding hydrogens is 324 g/mol. The Morgan fingerprint density at radius 2 is 2.17 bits per heavy atom. The first-order valence-corrected chi connectivity index (χ1v) is 9.04. The summed E-state index contributed by atoms with van der Waals surface area (Å²) in [5.41, 5.74) is 3.50. The average molecular weight is 344 g/mol. The van der Waals surface area contributed by atoms with E-state index in [9.17, 15) is 4.79 Å². The van der Waals surface area contributed by atoms with Crippen molar-refractivity contribution in [2.45, 2.75) is 32.7 Å². The molecule has 1 aromatic heterocycles. The fraction of sp³-hybridized carbons (Fsp3) is 0.471. The van der Waals surface area contributed by atoms with Crippen LogP contribution in [0.1, 0.15) is 36.7 Å². The summed E-state index contributed by atoms with van der Waals surface area (Å²) in [6, 6.07) is 6.17. The normalized spacial score (nSPS) is 17.4. The molecule has 0 unspecified atom stereocenters. The van der Waals surface area contributed by atoms with E-state index in [1.54, 1.807) is 4.90 Å². The predicted molar refractivity (Wildman–Crippen MR) is 93.9 cm³/mol. The van der Waals surface area contributed by atoms with Crippen molar-refractivity contribution in [2.75, 3.05) is 29.5 Å². The molecule has 24 heavy (non-hydrogen) atoms. The molecule has 1 aromatic carbocycles. The van der Waals surface area contributed by atoms with E-state index in [0.29, 0.717) is 19.1 Å². The van der Waals surface area contributed by atoms with E-state index in [0.717, 1.165) is 36.2 Å². The van der Waals surface area contributed by atoms with E-state index in [2.05, 4.69) is 34.2 Å². The van der Waals surface area contributed by atoms with Crippen LogP contribution in [0, 0.1) is 0 Å². The molecule has 0 spiro atoms. The van der Waals surface area contributed by atoms with Crippen LogP contribution in [-0.4, -0.2) is 35.1 Å². The van der Waals surface area contributed by atoms with E-state index in [4.69, 9.17) is 4.74 Å². The molecule has 2 aliphatic rings. The first-order valence-electron chi connectivity index (χ1n) is 8.27. The summed E-state index contributed by atoms with van der Waals surface area (Å²) in [5.74, 6) is 1.26. The molecule has 0 N–H and O–H groups in total. The topological polar surface area (TPSA) is 58.6 Å². The Kier molecular flexibility index (Phi) is 3.88. The molecular formula is C17H20N4O2S. The molecule has 3 heterocycles. The van der Waals surface area contributed by atoms with Crippen LogP contribution < -0.4 is 9.80 Å². The van der Waals surface area contributed by atoms with Crippen molar-refractivity contribution < 1.29 is 9.53 Å².